The van der Waals surface area contributed by atoms with Gasteiger partial charge in [-0.15, -0.1) is 0 Å². The van der Waals surface area contributed by atoms with Gasteiger partial charge in [-0.25, -0.2) is 0 Å². The van der Waals surface area contributed by atoms with E-state index in [0.717, 1.165) is 33.3 Å². The number of fused-ring (bicyclic) bond motifs is 6. The smallest absolute Gasteiger partial charge is 0.231 e. The fourth-order valence-electron chi connectivity index (χ4n) is 3.90. The first-order valence-electron chi connectivity index (χ1n) is 8.27. The number of benzene rings is 3. The molecule has 0 fully saturated rings. The minimum atomic E-state index is -0.949. The van der Waals surface area contributed by atoms with Gasteiger partial charge in [-0.2, -0.15) is 0 Å². The van der Waals surface area contributed by atoms with Gasteiger partial charge in [-0.1, -0.05) is 12.1 Å². The van der Waals surface area contributed by atoms with Crippen molar-refractivity contribution in [1.82, 2.24) is 0 Å². The lowest BCUT2D eigenvalue weighted by Gasteiger charge is -2.36. The van der Waals surface area contributed by atoms with Crippen LogP contribution in [0.4, 0.5) is 5.69 Å². The average molecular weight is 351 g/mol. The number of aliphatic hydroxyl groups is 1. The Morgan fingerprint density at radius 3 is 2.58 bits per heavy atom. The molecule has 0 amide bonds. The molecule has 26 heavy (non-hydrogen) atoms. The zero-order chi connectivity index (χ0) is 18.0. The van der Waals surface area contributed by atoms with E-state index in [9.17, 15) is 10.2 Å². The largest absolute Gasteiger partial charge is 0.504 e. The van der Waals surface area contributed by atoms with Gasteiger partial charge < -0.3 is 29.3 Å². The molecule has 0 spiro atoms. The van der Waals surface area contributed by atoms with Crippen molar-refractivity contribution in [3.05, 3.63) is 42.0 Å². The van der Waals surface area contributed by atoms with Crippen LogP contribution in [0.15, 0.2) is 36.4 Å². The first-order chi connectivity index (χ1) is 12.6. The summed E-state index contributed by atoms with van der Waals surface area (Å²) < 4.78 is 16.3. The van der Waals surface area contributed by atoms with Crippen LogP contribution in [0.2, 0.25) is 0 Å². The van der Waals surface area contributed by atoms with Crippen molar-refractivity contribution in [2.75, 3.05) is 25.9 Å². The van der Waals surface area contributed by atoms with E-state index in [1.54, 1.807) is 17.0 Å². The maximum absolute atomic E-state index is 10.9. The van der Waals surface area contributed by atoms with Gasteiger partial charge in [0.15, 0.2) is 29.2 Å². The molecule has 0 saturated carbocycles. The minimum Gasteiger partial charge on any atom is -0.504 e. The Morgan fingerprint density at radius 1 is 1.08 bits per heavy atom. The lowest BCUT2D eigenvalue weighted by Crippen LogP contribution is -2.28. The lowest BCUT2D eigenvalue weighted by molar-refractivity contribution is 0.172. The summed E-state index contributed by atoms with van der Waals surface area (Å²) in [6.07, 6.45) is -0.949. The Balaban J connectivity index is 1.86. The molecule has 5 rings (SSSR count). The number of methoxy groups -OCH3 is 1. The molecule has 6 nitrogen and oxygen atoms in total. The maximum atomic E-state index is 10.9. The highest BCUT2D eigenvalue weighted by Crippen LogP contribution is 2.52. The summed E-state index contributed by atoms with van der Waals surface area (Å²) in [4.78, 5) is 1.78. The lowest BCUT2D eigenvalue weighted by atomic mass is 9.89. The molecule has 1 atom stereocenters. The van der Waals surface area contributed by atoms with Crippen molar-refractivity contribution in [3.8, 4) is 34.1 Å². The van der Waals surface area contributed by atoms with Crippen molar-refractivity contribution in [2.24, 2.45) is 0 Å². The fourth-order valence-corrected chi connectivity index (χ4v) is 3.90. The molecule has 0 bridgehead atoms. The van der Waals surface area contributed by atoms with Crippen LogP contribution in [0.25, 0.3) is 21.9 Å². The molecular weight excluding hydrogens is 334 g/mol. The van der Waals surface area contributed by atoms with Crippen LogP contribution in [-0.2, 0) is 0 Å². The van der Waals surface area contributed by atoms with E-state index in [2.05, 4.69) is 0 Å². The van der Waals surface area contributed by atoms with E-state index < -0.39 is 6.23 Å². The molecule has 2 aliphatic rings. The van der Waals surface area contributed by atoms with Crippen molar-refractivity contribution in [3.63, 3.8) is 0 Å². The van der Waals surface area contributed by atoms with E-state index in [4.69, 9.17) is 14.2 Å². The maximum Gasteiger partial charge on any atom is 0.231 e. The Morgan fingerprint density at radius 2 is 1.81 bits per heavy atom. The number of ether oxygens (including phenoxy) is 3. The molecule has 3 aromatic carbocycles. The second-order valence-electron chi connectivity index (χ2n) is 6.45. The third-order valence-electron chi connectivity index (χ3n) is 5.13. The summed E-state index contributed by atoms with van der Waals surface area (Å²) in [5.41, 5.74) is 3.24. The van der Waals surface area contributed by atoms with Crippen molar-refractivity contribution in [1.29, 1.82) is 0 Å². The Bertz CT molecular complexity index is 1060. The normalized spacial score (nSPS) is 17.2. The molecule has 2 heterocycles. The van der Waals surface area contributed by atoms with E-state index in [0.29, 0.717) is 17.1 Å². The van der Waals surface area contributed by atoms with Gasteiger partial charge in [0.2, 0.25) is 6.79 Å². The first-order valence-corrected chi connectivity index (χ1v) is 8.27. The fraction of sp³-hybridized carbons (Fsp3) is 0.200. The third kappa shape index (κ3) is 1.84. The average Bonchev–Trinajstić information content (AvgIpc) is 3.10. The highest BCUT2D eigenvalue weighted by atomic mass is 16.7. The number of anilines is 1. The zero-order valence-corrected chi connectivity index (χ0v) is 14.3. The predicted octanol–water partition coefficient (Wildman–Crippen LogP) is 3.39. The number of hydrogen-bond acceptors (Lipinski definition) is 6. The molecule has 2 aliphatic heterocycles. The highest BCUT2D eigenvalue weighted by Gasteiger charge is 2.33. The van der Waals surface area contributed by atoms with Crippen LogP contribution in [0.1, 0.15) is 11.8 Å². The predicted molar refractivity (Wildman–Crippen MR) is 97.1 cm³/mol. The number of phenols is 1. The molecule has 0 aromatic heterocycles. The van der Waals surface area contributed by atoms with Gasteiger partial charge in [-0.3, -0.25) is 0 Å². The topological polar surface area (TPSA) is 71.4 Å². The number of nitrogens with zero attached hydrogens (tertiary/aromatic N) is 1. The Kier molecular flexibility index (Phi) is 3.02. The van der Waals surface area contributed by atoms with Crippen molar-refractivity contribution >= 4 is 16.5 Å². The van der Waals surface area contributed by atoms with Gasteiger partial charge in [0.05, 0.1) is 18.4 Å². The number of aromatic hydroxyl groups is 1. The SMILES string of the molecule is COc1c(O)ccc2c1C(O)N(C)c1c-2ccc2cc3c(cc12)OCO3. The number of phenolic OH excluding ortho intramolecular Hbond substituents is 1. The monoisotopic (exact) mass is 351 g/mol. The highest BCUT2D eigenvalue weighted by molar-refractivity contribution is 6.05. The summed E-state index contributed by atoms with van der Waals surface area (Å²) >= 11 is 0. The third-order valence-corrected chi connectivity index (χ3v) is 5.13. The van der Waals surface area contributed by atoms with Crippen molar-refractivity contribution in [2.45, 2.75) is 6.23 Å². The summed E-state index contributed by atoms with van der Waals surface area (Å²) in [5, 5.41) is 23.0. The van der Waals surface area contributed by atoms with Crippen LogP contribution in [-0.4, -0.2) is 31.2 Å². The van der Waals surface area contributed by atoms with E-state index in [1.807, 2.05) is 31.3 Å². The van der Waals surface area contributed by atoms with Gasteiger partial charge in [0.25, 0.3) is 0 Å². The molecule has 0 radical (unpaired) electrons. The summed E-state index contributed by atoms with van der Waals surface area (Å²) in [7, 11) is 3.30. The van der Waals surface area contributed by atoms with Gasteiger partial charge in [0, 0.05) is 18.0 Å². The zero-order valence-electron chi connectivity index (χ0n) is 14.3. The van der Waals surface area contributed by atoms with Crippen LogP contribution in [0.5, 0.6) is 23.0 Å². The van der Waals surface area contributed by atoms with E-state index >= 15 is 0 Å². The molecule has 2 N–H and O–H groups in total. The van der Waals surface area contributed by atoms with Crippen LogP contribution in [0.3, 0.4) is 0 Å². The summed E-state index contributed by atoms with van der Waals surface area (Å²) in [6, 6.07) is 11.3. The second kappa shape index (κ2) is 5.19. The Hall–Kier alpha value is -3.12. The van der Waals surface area contributed by atoms with Gasteiger partial charge >= 0.3 is 0 Å². The molecule has 0 aliphatic carbocycles. The van der Waals surface area contributed by atoms with Crippen molar-refractivity contribution < 1.29 is 24.4 Å². The van der Waals surface area contributed by atoms with Crippen LogP contribution < -0.4 is 19.1 Å². The standard InChI is InChI=1S/C20H17NO5/c1-21-18-12(11-5-6-14(22)19(24-2)17(11)20(21)23)4-3-10-7-15-16(8-13(10)18)26-9-25-15/h3-8,20,22-23H,9H2,1-2H3. The van der Waals surface area contributed by atoms with Gasteiger partial charge in [-0.05, 0) is 35.2 Å². The van der Waals surface area contributed by atoms with Gasteiger partial charge in [0.1, 0.15) is 0 Å². The molecular formula is C20H17NO5. The molecule has 0 saturated heterocycles. The first kappa shape index (κ1) is 15.2. The second-order valence-corrected chi connectivity index (χ2v) is 6.45. The number of rotatable bonds is 1. The minimum absolute atomic E-state index is 0.00584. The quantitative estimate of drug-likeness (QED) is 0.700. The number of hydrogen-bond donors (Lipinski definition) is 2. The van der Waals surface area contributed by atoms with E-state index in [1.165, 1.54) is 7.11 Å². The Labute approximate surface area is 149 Å². The summed E-state index contributed by atoms with van der Waals surface area (Å²) in [6.45, 7) is 0.214. The summed E-state index contributed by atoms with van der Waals surface area (Å²) in [5.74, 6) is 1.72. The molecule has 1 unspecified atom stereocenters. The molecule has 6 heteroatoms. The molecule has 132 valence electrons. The van der Waals surface area contributed by atoms with E-state index in [-0.39, 0.29) is 12.5 Å². The van der Waals surface area contributed by atoms with Crippen LogP contribution in [0, 0.1) is 0 Å². The van der Waals surface area contributed by atoms with Crippen LogP contribution >= 0.6 is 0 Å². The number of aliphatic hydroxyl groups excluding tert-OH is 1. The molecule has 3 aromatic rings.